The number of halogens is 1. The van der Waals surface area contributed by atoms with Crippen LogP contribution >= 0.6 is 22.6 Å². The highest BCUT2D eigenvalue weighted by molar-refractivity contribution is 14.1. The fourth-order valence-electron chi connectivity index (χ4n) is 10.5. The van der Waals surface area contributed by atoms with Crippen LogP contribution in [0.3, 0.4) is 0 Å². The SMILES string of the molecule is N#Cc1c(C#N)c(-n2c3ccccc3c3c(I)cccc32)c(-n2c3ccccc3c3ccccc32)c(-n2c3ccccc3c3ccccc32)c1-n1c2ccccc2c2ccccc21. The number of nitrogens with zero attached hydrogens (tertiary/aromatic N) is 6. The van der Waals surface area contributed by atoms with Crippen molar-refractivity contribution < 1.29 is 0 Å². The molecule has 0 aliphatic carbocycles. The minimum absolute atomic E-state index is 0.289. The lowest BCUT2D eigenvalue weighted by molar-refractivity contribution is 1.01. The molecule has 0 unspecified atom stereocenters. The van der Waals surface area contributed by atoms with E-state index in [1.54, 1.807) is 0 Å². The van der Waals surface area contributed by atoms with Crippen molar-refractivity contribution in [3.05, 3.63) is 203 Å². The van der Waals surface area contributed by atoms with Crippen molar-refractivity contribution in [2.45, 2.75) is 0 Å². The summed E-state index contributed by atoms with van der Waals surface area (Å²) in [7, 11) is 0. The van der Waals surface area contributed by atoms with E-state index < -0.39 is 0 Å². The van der Waals surface area contributed by atoms with Gasteiger partial charge in [0.2, 0.25) is 0 Å². The monoisotopic (exact) mass is 914 g/mol. The summed E-state index contributed by atoms with van der Waals surface area (Å²) in [6.07, 6.45) is 0. The van der Waals surface area contributed by atoms with Crippen molar-refractivity contribution in [2.24, 2.45) is 0 Å². The molecule has 292 valence electrons. The Morgan fingerprint density at radius 3 is 0.873 bits per heavy atom. The van der Waals surface area contributed by atoms with E-state index >= 15 is 0 Å². The predicted octanol–water partition coefficient (Wildman–Crippen LogP) is 14.4. The van der Waals surface area contributed by atoms with E-state index in [9.17, 15) is 10.5 Å². The molecule has 0 spiro atoms. The van der Waals surface area contributed by atoms with Crippen LogP contribution in [-0.4, -0.2) is 18.3 Å². The topological polar surface area (TPSA) is 67.3 Å². The summed E-state index contributed by atoms with van der Waals surface area (Å²) in [5.41, 5.74) is 11.1. The summed E-state index contributed by atoms with van der Waals surface area (Å²) in [4.78, 5) is 0. The Morgan fingerprint density at radius 1 is 0.286 bits per heavy atom. The number of aromatic nitrogens is 4. The summed E-state index contributed by atoms with van der Waals surface area (Å²) in [5.74, 6) is 0. The number of hydrogen-bond acceptors (Lipinski definition) is 2. The third-order valence-corrected chi connectivity index (χ3v) is 13.8. The van der Waals surface area contributed by atoms with E-state index in [-0.39, 0.29) is 11.1 Å². The van der Waals surface area contributed by atoms with Gasteiger partial charge in [-0.25, -0.2) is 0 Å². The number of fused-ring (bicyclic) bond motifs is 12. The first kappa shape index (κ1) is 35.6. The summed E-state index contributed by atoms with van der Waals surface area (Å²) in [6, 6.07) is 71.1. The van der Waals surface area contributed by atoms with Crippen LogP contribution in [0.4, 0.5) is 0 Å². The molecule has 6 nitrogen and oxygen atoms in total. The molecule has 9 aromatic carbocycles. The third kappa shape index (κ3) is 4.74. The standard InChI is InChI=1S/C56H31IN6/c57-43-23-15-31-51-52(43)40-22-7-14-30-50(40)63(51)54-42(33-59)41(32-58)53(60-44-24-8-1-16-34(44)35-17-2-9-25-45(35)60)55(61-46-26-10-3-18-36(46)37-19-4-11-27-47(37)61)56(54)62-48-28-12-5-20-38(48)39-21-6-13-29-49(39)62/h1-31H. The lowest BCUT2D eigenvalue weighted by atomic mass is 9.98. The molecule has 0 bridgehead atoms. The summed E-state index contributed by atoms with van der Waals surface area (Å²) in [5, 5.41) is 32.5. The van der Waals surface area contributed by atoms with Crippen LogP contribution in [0.2, 0.25) is 0 Å². The molecular weight excluding hydrogens is 884 g/mol. The van der Waals surface area contributed by atoms with E-state index in [1.165, 1.54) is 0 Å². The highest BCUT2D eigenvalue weighted by Gasteiger charge is 2.34. The number of para-hydroxylation sites is 7. The normalized spacial score (nSPS) is 11.9. The Labute approximate surface area is 374 Å². The molecule has 0 N–H and O–H groups in total. The molecule has 0 atom stereocenters. The van der Waals surface area contributed by atoms with Crippen LogP contribution in [-0.2, 0) is 0 Å². The van der Waals surface area contributed by atoms with Gasteiger partial charge >= 0.3 is 0 Å². The molecule has 0 radical (unpaired) electrons. The van der Waals surface area contributed by atoms with Gasteiger partial charge in [0.15, 0.2) is 0 Å². The average Bonchev–Trinajstić information content (AvgIpc) is 4.06. The molecule has 0 aliphatic heterocycles. The van der Waals surface area contributed by atoms with Crippen LogP contribution in [0.1, 0.15) is 11.1 Å². The van der Waals surface area contributed by atoms with Gasteiger partial charge in [-0.3, -0.25) is 0 Å². The first-order valence-electron chi connectivity index (χ1n) is 20.9. The van der Waals surface area contributed by atoms with Gasteiger partial charge in [-0.1, -0.05) is 133 Å². The predicted molar refractivity (Wildman–Crippen MR) is 266 cm³/mol. The maximum atomic E-state index is 11.9. The first-order chi connectivity index (χ1) is 31.2. The Bertz CT molecular complexity index is 4040. The van der Waals surface area contributed by atoms with Crippen LogP contribution in [0.15, 0.2) is 188 Å². The molecule has 0 aliphatic rings. The molecule has 0 amide bonds. The second kappa shape index (κ2) is 13.4. The Kier molecular flexibility index (Phi) is 7.60. The summed E-state index contributed by atoms with van der Waals surface area (Å²) in [6.45, 7) is 0. The minimum Gasteiger partial charge on any atom is -0.306 e. The van der Waals surface area contributed by atoms with Crippen molar-refractivity contribution in [2.75, 3.05) is 0 Å². The van der Waals surface area contributed by atoms with Crippen LogP contribution in [0.25, 0.3) is 110 Å². The molecular formula is C56H31IN6. The molecule has 63 heavy (non-hydrogen) atoms. The van der Waals surface area contributed by atoms with Gasteiger partial charge < -0.3 is 18.3 Å². The van der Waals surface area contributed by atoms with Crippen LogP contribution in [0.5, 0.6) is 0 Å². The van der Waals surface area contributed by atoms with E-state index in [1.807, 2.05) is 0 Å². The fourth-order valence-corrected chi connectivity index (χ4v) is 11.3. The van der Waals surface area contributed by atoms with Gasteiger partial charge in [0.25, 0.3) is 0 Å². The molecule has 0 saturated carbocycles. The summed E-state index contributed by atoms with van der Waals surface area (Å²) >= 11 is 2.43. The number of benzene rings is 9. The zero-order valence-electron chi connectivity index (χ0n) is 33.5. The Hall–Kier alpha value is -8.11. The molecule has 7 heteroatoms. The smallest absolute Gasteiger partial charge is 0.103 e. The van der Waals surface area contributed by atoms with E-state index in [2.05, 4.69) is 241 Å². The maximum Gasteiger partial charge on any atom is 0.103 e. The van der Waals surface area contributed by atoms with Gasteiger partial charge in [0.1, 0.15) is 12.1 Å². The quantitative estimate of drug-likeness (QED) is 0.165. The molecule has 13 rings (SSSR count). The molecule has 0 fully saturated rings. The third-order valence-electron chi connectivity index (χ3n) is 12.9. The van der Waals surface area contributed by atoms with Crippen molar-refractivity contribution >= 4 is 110 Å². The van der Waals surface area contributed by atoms with Gasteiger partial charge in [0, 0.05) is 46.7 Å². The lowest BCUT2D eigenvalue weighted by Crippen LogP contribution is -2.17. The van der Waals surface area contributed by atoms with E-state index in [4.69, 9.17) is 0 Å². The molecule has 0 saturated heterocycles. The van der Waals surface area contributed by atoms with E-state index in [0.717, 1.165) is 102 Å². The second-order valence-electron chi connectivity index (χ2n) is 16.0. The van der Waals surface area contributed by atoms with Crippen molar-refractivity contribution in [3.63, 3.8) is 0 Å². The number of rotatable bonds is 4. The largest absolute Gasteiger partial charge is 0.306 e. The van der Waals surface area contributed by atoms with E-state index in [0.29, 0.717) is 11.4 Å². The highest BCUT2D eigenvalue weighted by Crippen LogP contribution is 2.49. The zero-order valence-corrected chi connectivity index (χ0v) is 35.6. The lowest BCUT2D eigenvalue weighted by Gasteiger charge is -2.27. The Morgan fingerprint density at radius 2 is 0.540 bits per heavy atom. The maximum absolute atomic E-state index is 11.9. The van der Waals surface area contributed by atoms with Crippen LogP contribution in [0, 0.1) is 26.2 Å². The van der Waals surface area contributed by atoms with Gasteiger partial charge in [-0.2, -0.15) is 10.5 Å². The second-order valence-corrected chi connectivity index (χ2v) is 17.1. The summed E-state index contributed by atoms with van der Waals surface area (Å²) < 4.78 is 10.3. The molecule has 4 heterocycles. The van der Waals surface area contributed by atoms with Crippen molar-refractivity contribution in [1.29, 1.82) is 10.5 Å². The van der Waals surface area contributed by atoms with Gasteiger partial charge in [0.05, 0.1) is 78.0 Å². The fraction of sp³-hybridized carbons (Fsp3) is 0. The minimum atomic E-state index is 0.289. The highest BCUT2D eigenvalue weighted by atomic mass is 127. The molecule has 13 aromatic rings. The number of nitriles is 2. The van der Waals surface area contributed by atoms with Crippen LogP contribution < -0.4 is 0 Å². The van der Waals surface area contributed by atoms with Gasteiger partial charge in [-0.15, -0.1) is 0 Å². The first-order valence-corrected chi connectivity index (χ1v) is 21.9. The van der Waals surface area contributed by atoms with Crippen molar-refractivity contribution in [3.8, 4) is 34.9 Å². The van der Waals surface area contributed by atoms with Crippen molar-refractivity contribution in [1.82, 2.24) is 18.3 Å². The number of hydrogen-bond donors (Lipinski definition) is 0. The Balaban J connectivity index is 1.42. The zero-order chi connectivity index (χ0) is 41.9. The average molecular weight is 915 g/mol. The molecule has 4 aromatic heterocycles. The van der Waals surface area contributed by atoms with Gasteiger partial charge in [-0.05, 0) is 77.2 Å².